The first-order valence-corrected chi connectivity index (χ1v) is 9.82. The Morgan fingerprint density at radius 2 is 1.81 bits per heavy atom. The molecule has 0 spiro atoms. The Balaban J connectivity index is 2.12. The molecule has 1 heterocycles. The number of halogens is 3. The zero-order valence-corrected chi connectivity index (χ0v) is 17.1. The summed E-state index contributed by atoms with van der Waals surface area (Å²) in [6, 6.07) is 9.78. The lowest BCUT2D eigenvalue weighted by Gasteiger charge is -2.05. The van der Waals surface area contributed by atoms with Crippen molar-refractivity contribution in [2.45, 2.75) is 13.5 Å². The predicted octanol–water partition coefficient (Wildman–Crippen LogP) is 4.97. The fraction of sp³-hybridized carbons (Fsp3) is 0.167. The van der Waals surface area contributed by atoms with Crippen LogP contribution >= 0.6 is 46.1 Å². The lowest BCUT2D eigenvalue weighted by atomic mass is 10.2. The van der Waals surface area contributed by atoms with Crippen molar-refractivity contribution >= 4 is 68.2 Å². The minimum absolute atomic E-state index is 0.0735. The summed E-state index contributed by atoms with van der Waals surface area (Å²) in [5, 5.41) is 1.17. The average molecular weight is 444 g/mol. The van der Waals surface area contributed by atoms with Gasteiger partial charge in [0.05, 0.1) is 27.4 Å². The normalized spacial score (nSPS) is 11.8. The molecule has 0 aliphatic rings. The summed E-state index contributed by atoms with van der Waals surface area (Å²) >= 11 is 19.3. The highest BCUT2D eigenvalue weighted by atomic mass is 35.5. The maximum atomic E-state index is 12.6. The molecule has 0 saturated carbocycles. The molecule has 0 unspecified atom stereocenters. The van der Waals surface area contributed by atoms with Gasteiger partial charge in [0.2, 0.25) is 0 Å². The topological polar surface area (TPSA) is 60.7 Å². The monoisotopic (exact) mass is 442 g/mol. The molecule has 5 nitrogen and oxygen atoms in total. The van der Waals surface area contributed by atoms with Gasteiger partial charge in [0.25, 0.3) is 5.91 Å². The fourth-order valence-electron chi connectivity index (χ4n) is 2.43. The number of aromatic nitrogens is 1. The predicted molar refractivity (Wildman–Crippen MR) is 108 cm³/mol. The van der Waals surface area contributed by atoms with Crippen LogP contribution in [0.4, 0.5) is 0 Å². The number of ether oxygens (including phenoxy) is 1. The van der Waals surface area contributed by atoms with Gasteiger partial charge in [0.1, 0.15) is 6.54 Å². The number of esters is 1. The minimum atomic E-state index is -0.535. The molecule has 3 rings (SSSR count). The number of amides is 1. The smallest absolute Gasteiger partial charge is 0.326 e. The number of hydrogen-bond donors (Lipinski definition) is 0. The molecule has 140 valence electrons. The first-order chi connectivity index (χ1) is 12.9. The lowest BCUT2D eigenvalue weighted by Crippen LogP contribution is -2.23. The van der Waals surface area contributed by atoms with E-state index in [4.69, 9.17) is 39.5 Å². The Morgan fingerprint density at radius 1 is 1.11 bits per heavy atom. The largest absolute Gasteiger partial charge is 0.465 e. The summed E-state index contributed by atoms with van der Waals surface area (Å²) in [7, 11) is 0. The van der Waals surface area contributed by atoms with E-state index in [1.165, 1.54) is 23.5 Å². The maximum absolute atomic E-state index is 12.6. The van der Waals surface area contributed by atoms with Crippen LogP contribution < -0.4 is 4.80 Å². The lowest BCUT2D eigenvalue weighted by molar-refractivity contribution is -0.143. The molecule has 0 radical (unpaired) electrons. The second kappa shape index (κ2) is 8.44. The fourth-order valence-corrected chi connectivity index (χ4v) is 4.22. The van der Waals surface area contributed by atoms with E-state index >= 15 is 0 Å². The number of rotatable bonds is 4. The zero-order valence-electron chi connectivity index (χ0n) is 14.0. The second-order valence-electron chi connectivity index (χ2n) is 5.43. The molecule has 1 amide bonds. The molecule has 2 aromatic carbocycles. The molecule has 0 aliphatic heterocycles. The molecule has 0 N–H and O–H groups in total. The van der Waals surface area contributed by atoms with Gasteiger partial charge in [-0.05, 0) is 43.3 Å². The summed E-state index contributed by atoms with van der Waals surface area (Å²) in [5.74, 6) is -0.961. The zero-order chi connectivity index (χ0) is 19.6. The Hall–Kier alpha value is -1.86. The van der Waals surface area contributed by atoms with Crippen LogP contribution in [0, 0.1) is 0 Å². The molecule has 0 bridgehead atoms. The molecule has 0 saturated heterocycles. The Morgan fingerprint density at radius 3 is 2.52 bits per heavy atom. The van der Waals surface area contributed by atoms with Gasteiger partial charge in [0.15, 0.2) is 4.80 Å². The van der Waals surface area contributed by atoms with Gasteiger partial charge in [0, 0.05) is 10.0 Å². The van der Waals surface area contributed by atoms with Crippen molar-refractivity contribution in [1.29, 1.82) is 0 Å². The SMILES string of the molecule is CCOC(=O)Cn1c(=NC(=O)c2ccc(Cl)cc2Cl)sc2cc(Cl)ccc21. The van der Waals surface area contributed by atoms with Crippen LogP contribution in [-0.4, -0.2) is 23.1 Å². The van der Waals surface area contributed by atoms with Gasteiger partial charge >= 0.3 is 5.97 Å². The third-order valence-corrected chi connectivity index (χ3v) is 5.42. The van der Waals surface area contributed by atoms with E-state index in [1.54, 1.807) is 35.8 Å². The molecule has 9 heteroatoms. The highest BCUT2D eigenvalue weighted by Crippen LogP contribution is 2.23. The number of nitrogens with zero attached hydrogens (tertiary/aromatic N) is 2. The van der Waals surface area contributed by atoms with E-state index in [2.05, 4.69) is 4.99 Å². The van der Waals surface area contributed by atoms with E-state index < -0.39 is 11.9 Å². The van der Waals surface area contributed by atoms with E-state index in [-0.39, 0.29) is 23.7 Å². The summed E-state index contributed by atoms with van der Waals surface area (Å²) in [6.45, 7) is 1.92. The summed E-state index contributed by atoms with van der Waals surface area (Å²) in [4.78, 5) is 29.1. The number of carbonyl (C=O) groups excluding carboxylic acids is 2. The molecule has 27 heavy (non-hydrogen) atoms. The third kappa shape index (κ3) is 4.52. The van der Waals surface area contributed by atoms with E-state index in [0.717, 1.165) is 10.2 Å². The Labute approximate surface area is 173 Å². The van der Waals surface area contributed by atoms with Crippen molar-refractivity contribution in [3.8, 4) is 0 Å². The number of fused-ring (bicyclic) bond motifs is 1. The summed E-state index contributed by atoms with van der Waals surface area (Å²) in [5.41, 5.74) is 0.949. The molecule has 0 fully saturated rings. The van der Waals surface area contributed by atoms with Gasteiger partial charge in [-0.15, -0.1) is 0 Å². The van der Waals surface area contributed by atoms with Crippen LogP contribution in [0.3, 0.4) is 0 Å². The summed E-state index contributed by atoms with van der Waals surface area (Å²) in [6.07, 6.45) is 0. The van der Waals surface area contributed by atoms with Crippen molar-refractivity contribution in [1.82, 2.24) is 4.57 Å². The second-order valence-corrected chi connectivity index (χ2v) is 7.72. The van der Waals surface area contributed by atoms with Crippen molar-refractivity contribution < 1.29 is 14.3 Å². The maximum Gasteiger partial charge on any atom is 0.326 e. The Kier molecular flexibility index (Phi) is 6.22. The van der Waals surface area contributed by atoms with Crippen molar-refractivity contribution in [3.63, 3.8) is 0 Å². The number of benzene rings is 2. The van der Waals surface area contributed by atoms with Gasteiger partial charge in [-0.2, -0.15) is 4.99 Å². The van der Waals surface area contributed by atoms with Gasteiger partial charge < -0.3 is 9.30 Å². The standard InChI is InChI=1S/C18H13Cl3N2O3S/c1-2-26-16(24)9-23-14-6-4-11(20)8-15(14)27-18(23)22-17(25)12-5-3-10(19)7-13(12)21/h3-8H,2,9H2,1H3. The van der Waals surface area contributed by atoms with Crippen LogP contribution in [0.5, 0.6) is 0 Å². The number of carbonyl (C=O) groups is 2. The first kappa shape index (κ1) is 19.9. The Bertz CT molecular complexity index is 1100. The van der Waals surface area contributed by atoms with Gasteiger partial charge in [-0.3, -0.25) is 9.59 Å². The van der Waals surface area contributed by atoms with Crippen molar-refractivity contribution in [3.05, 3.63) is 61.8 Å². The van der Waals surface area contributed by atoms with E-state index in [9.17, 15) is 9.59 Å². The van der Waals surface area contributed by atoms with E-state index in [0.29, 0.717) is 14.8 Å². The first-order valence-electron chi connectivity index (χ1n) is 7.87. The molecule has 3 aromatic rings. The van der Waals surface area contributed by atoms with Crippen LogP contribution in [0.2, 0.25) is 15.1 Å². The molecular weight excluding hydrogens is 431 g/mol. The van der Waals surface area contributed by atoms with Crippen molar-refractivity contribution in [2.75, 3.05) is 6.61 Å². The molecular formula is C18H13Cl3N2O3S. The number of hydrogen-bond acceptors (Lipinski definition) is 4. The summed E-state index contributed by atoms with van der Waals surface area (Å²) < 4.78 is 7.43. The molecule has 1 aromatic heterocycles. The van der Waals surface area contributed by atoms with Crippen LogP contribution in [0.1, 0.15) is 17.3 Å². The third-order valence-electron chi connectivity index (χ3n) is 3.60. The minimum Gasteiger partial charge on any atom is -0.465 e. The van der Waals surface area contributed by atoms with Crippen molar-refractivity contribution in [2.24, 2.45) is 4.99 Å². The number of thiazole rings is 1. The van der Waals surface area contributed by atoms with Gasteiger partial charge in [-0.25, -0.2) is 0 Å². The highest BCUT2D eigenvalue weighted by Gasteiger charge is 2.14. The van der Waals surface area contributed by atoms with Crippen LogP contribution in [0.15, 0.2) is 41.4 Å². The molecule has 0 aliphatic carbocycles. The highest BCUT2D eigenvalue weighted by molar-refractivity contribution is 7.16. The quantitative estimate of drug-likeness (QED) is 0.535. The van der Waals surface area contributed by atoms with Crippen LogP contribution in [0.25, 0.3) is 10.2 Å². The van der Waals surface area contributed by atoms with Gasteiger partial charge in [-0.1, -0.05) is 46.1 Å². The van der Waals surface area contributed by atoms with E-state index in [1.807, 2.05) is 0 Å². The molecule has 0 atom stereocenters. The van der Waals surface area contributed by atoms with Crippen LogP contribution in [-0.2, 0) is 16.1 Å². The average Bonchev–Trinajstić information content (AvgIpc) is 2.91.